The van der Waals surface area contributed by atoms with Gasteiger partial charge in [-0.15, -0.1) is 0 Å². The average Bonchev–Trinajstić information content (AvgIpc) is 3.50. The van der Waals surface area contributed by atoms with Crippen LogP contribution in [0.25, 0.3) is 17.1 Å². The van der Waals surface area contributed by atoms with E-state index in [9.17, 15) is 9.18 Å². The van der Waals surface area contributed by atoms with E-state index < -0.39 is 0 Å². The van der Waals surface area contributed by atoms with E-state index in [1.54, 1.807) is 34.1 Å². The van der Waals surface area contributed by atoms with Crippen LogP contribution in [-0.2, 0) is 0 Å². The minimum atomic E-state index is -0.355. The lowest BCUT2D eigenvalue weighted by Gasteiger charge is -2.30. The maximum atomic E-state index is 13.5. The normalized spacial score (nSPS) is 16.3. The number of rotatable bonds is 4. The molecule has 1 atom stereocenters. The molecule has 162 valence electrons. The molecule has 7 nitrogen and oxygen atoms in total. The predicted molar refractivity (Wildman–Crippen MR) is 119 cm³/mol. The summed E-state index contributed by atoms with van der Waals surface area (Å²) in [5, 5.41) is 8.34. The first-order valence-electron chi connectivity index (χ1n) is 10.3. The summed E-state index contributed by atoms with van der Waals surface area (Å²) in [5.41, 5.74) is 1.96. The number of halogens is 2. The molecule has 0 N–H and O–H groups in total. The monoisotopic (exact) mass is 495 g/mol. The number of aromatic nitrogens is 4. The van der Waals surface area contributed by atoms with Gasteiger partial charge in [-0.25, -0.2) is 9.07 Å². The van der Waals surface area contributed by atoms with Crippen LogP contribution in [0.15, 0.2) is 69.9 Å². The molecule has 2 aromatic heterocycles. The zero-order valence-electron chi connectivity index (χ0n) is 17.0. The van der Waals surface area contributed by atoms with Gasteiger partial charge in [0.25, 0.3) is 5.91 Å². The van der Waals surface area contributed by atoms with Gasteiger partial charge in [0.15, 0.2) is 0 Å². The number of benzene rings is 2. The third kappa shape index (κ3) is 4.20. The van der Waals surface area contributed by atoms with E-state index in [0.717, 1.165) is 23.0 Å². The Labute approximate surface area is 192 Å². The van der Waals surface area contributed by atoms with Crippen LogP contribution in [0.5, 0.6) is 0 Å². The number of amides is 1. The van der Waals surface area contributed by atoms with Crippen molar-refractivity contribution in [2.24, 2.45) is 0 Å². The van der Waals surface area contributed by atoms with Crippen molar-refractivity contribution >= 4 is 21.8 Å². The number of carbonyl (C=O) groups is 1. The van der Waals surface area contributed by atoms with Gasteiger partial charge in [-0.3, -0.25) is 4.79 Å². The van der Waals surface area contributed by atoms with E-state index >= 15 is 0 Å². The van der Waals surface area contributed by atoms with Crippen LogP contribution >= 0.6 is 15.9 Å². The summed E-state index contributed by atoms with van der Waals surface area (Å²) in [7, 11) is 0. The molecule has 0 radical (unpaired) electrons. The Balaban J connectivity index is 1.30. The highest BCUT2D eigenvalue weighted by Gasteiger charge is 2.29. The van der Waals surface area contributed by atoms with Crippen LogP contribution in [0, 0.1) is 5.82 Å². The van der Waals surface area contributed by atoms with Crippen LogP contribution in [0.2, 0.25) is 0 Å². The van der Waals surface area contributed by atoms with Crippen molar-refractivity contribution in [3.63, 3.8) is 0 Å². The minimum absolute atomic E-state index is 0.0657. The molecule has 1 unspecified atom stereocenters. The number of hydrogen-bond acceptors (Lipinski definition) is 5. The van der Waals surface area contributed by atoms with Gasteiger partial charge in [0, 0.05) is 29.3 Å². The molecule has 2 aromatic carbocycles. The average molecular weight is 496 g/mol. The Morgan fingerprint density at radius 1 is 1.19 bits per heavy atom. The number of hydrogen-bond donors (Lipinski definition) is 0. The van der Waals surface area contributed by atoms with Crippen LogP contribution in [0.1, 0.15) is 35.0 Å². The molecule has 0 bridgehead atoms. The van der Waals surface area contributed by atoms with Crippen LogP contribution in [0.4, 0.5) is 4.39 Å². The van der Waals surface area contributed by atoms with Crippen molar-refractivity contribution in [3.05, 3.63) is 82.7 Å². The molecule has 1 aliphatic rings. The maximum absolute atomic E-state index is 13.5. The van der Waals surface area contributed by atoms with Gasteiger partial charge in [-0.05, 0) is 49.2 Å². The molecule has 9 heteroatoms. The van der Waals surface area contributed by atoms with Gasteiger partial charge < -0.3 is 9.42 Å². The number of carbonyl (C=O) groups excluding carboxylic acids is 1. The van der Waals surface area contributed by atoms with Gasteiger partial charge in [-0.2, -0.15) is 10.1 Å². The van der Waals surface area contributed by atoms with E-state index in [0.29, 0.717) is 35.9 Å². The minimum Gasteiger partial charge on any atom is -0.339 e. The van der Waals surface area contributed by atoms with E-state index in [-0.39, 0.29) is 17.6 Å². The molecular weight excluding hydrogens is 477 g/mol. The summed E-state index contributed by atoms with van der Waals surface area (Å²) in [6.07, 6.45) is 4.99. The third-order valence-corrected chi connectivity index (χ3v) is 6.03. The quantitative estimate of drug-likeness (QED) is 0.404. The van der Waals surface area contributed by atoms with E-state index in [1.165, 1.54) is 12.1 Å². The molecule has 0 saturated carbocycles. The smallest absolute Gasteiger partial charge is 0.257 e. The van der Waals surface area contributed by atoms with Crippen LogP contribution in [-0.4, -0.2) is 43.8 Å². The third-order valence-electron chi connectivity index (χ3n) is 5.50. The molecular formula is C23H19BrFN5O2. The molecule has 0 spiro atoms. The first-order chi connectivity index (χ1) is 15.6. The van der Waals surface area contributed by atoms with Crippen molar-refractivity contribution in [1.82, 2.24) is 24.8 Å². The molecule has 4 aromatic rings. The van der Waals surface area contributed by atoms with Crippen molar-refractivity contribution in [2.75, 3.05) is 13.1 Å². The summed E-state index contributed by atoms with van der Waals surface area (Å²) >= 11 is 3.42. The topological polar surface area (TPSA) is 77.1 Å². The fourth-order valence-corrected chi connectivity index (χ4v) is 4.12. The zero-order chi connectivity index (χ0) is 22.1. The Morgan fingerprint density at radius 3 is 2.84 bits per heavy atom. The summed E-state index contributed by atoms with van der Waals surface area (Å²) in [6, 6.07) is 13.8. The summed E-state index contributed by atoms with van der Waals surface area (Å²) in [4.78, 5) is 19.4. The molecule has 5 rings (SSSR count). The molecule has 1 fully saturated rings. The Hall–Kier alpha value is -3.33. The van der Waals surface area contributed by atoms with Gasteiger partial charge in [0.2, 0.25) is 11.7 Å². The van der Waals surface area contributed by atoms with Crippen LogP contribution in [0.3, 0.4) is 0 Å². The molecule has 3 heterocycles. The SMILES string of the molecule is O=C(c1cnn(-c2ccc(Br)cc2)c1)N1CCCC(c2nc(-c3cccc(F)c3)no2)C1. The molecule has 1 amide bonds. The summed E-state index contributed by atoms with van der Waals surface area (Å²) < 4.78 is 21.6. The lowest BCUT2D eigenvalue weighted by atomic mass is 9.97. The molecule has 1 aliphatic heterocycles. The van der Waals surface area contributed by atoms with Crippen molar-refractivity contribution < 1.29 is 13.7 Å². The number of nitrogens with zero attached hydrogens (tertiary/aromatic N) is 5. The van der Waals surface area contributed by atoms with Gasteiger partial charge >= 0.3 is 0 Å². The largest absolute Gasteiger partial charge is 0.339 e. The van der Waals surface area contributed by atoms with Gasteiger partial charge in [-0.1, -0.05) is 33.2 Å². The van der Waals surface area contributed by atoms with E-state index in [2.05, 4.69) is 31.2 Å². The lowest BCUT2D eigenvalue weighted by molar-refractivity contribution is 0.0695. The Morgan fingerprint density at radius 2 is 2.03 bits per heavy atom. The molecule has 1 saturated heterocycles. The second-order valence-corrected chi connectivity index (χ2v) is 8.62. The van der Waals surface area contributed by atoms with Gasteiger partial charge in [0.05, 0.1) is 23.4 Å². The lowest BCUT2D eigenvalue weighted by Crippen LogP contribution is -2.39. The fraction of sp³-hybridized carbons (Fsp3) is 0.217. The highest BCUT2D eigenvalue weighted by Crippen LogP contribution is 2.28. The van der Waals surface area contributed by atoms with Crippen molar-refractivity contribution in [3.8, 4) is 17.1 Å². The first-order valence-corrected chi connectivity index (χ1v) is 11.1. The highest BCUT2D eigenvalue weighted by atomic mass is 79.9. The van der Waals surface area contributed by atoms with Gasteiger partial charge in [0.1, 0.15) is 5.82 Å². The van der Waals surface area contributed by atoms with Crippen LogP contribution < -0.4 is 0 Å². The molecule has 0 aliphatic carbocycles. The molecule has 32 heavy (non-hydrogen) atoms. The fourth-order valence-electron chi connectivity index (χ4n) is 3.86. The van der Waals surface area contributed by atoms with E-state index in [4.69, 9.17) is 4.52 Å². The zero-order valence-corrected chi connectivity index (χ0v) is 18.6. The predicted octanol–water partition coefficient (Wildman–Crippen LogP) is 4.84. The number of likely N-dealkylation sites (tertiary alicyclic amines) is 1. The Kier molecular flexibility index (Phi) is 5.57. The number of piperidine rings is 1. The summed E-state index contributed by atoms with van der Waals surface area (Å²) in [5.74, 6) is 0.310. The van der Waals surface area contributed by atoms with E-state index in [1.807, 2.05) is 24.3 Å². The second-order valence-electron chi connectivity index (χ2n) is 7.71. The first kappa shape index (κ1) is 20.6. The van der Waals surface area contributed by atoms with Crippen molar-refractivity contribution in [2.45, 2.75) is 18.8 Å². The maximum Gasteiger partial charge on any atom is 0.257 e. The summed E-state index contributed by atoms with van der Waals surface area (Å²) in [6.45, 7) is 1.14. The Bertz CT molecular complexity index is 1250. The second kappa shape index (κ2) is 8.66. The highest BCUT2D eigenvalue weighted by molar-refractivity contribution is 9.10. The van der Waals surface area contributed by atoms with Crippen molar-refractivity contribution in [1.29, 1.82) is 0 Å². The standard InChI is InChI=1S/C23H19BrFN5O2/c24-18-6-8-20(9-7-18)30-14-17(12-26-30)23(31)29-10-2-4-16(13-29)22-27-21(28-32-22)15-3-1-5-19(25)11-15/h1,3,5-9,11-12,14,16H,2,4,10,13H2.